The third-order valence-corrected chi connectivity index (χ3v) is 4.85. The summed E-state index contributed by atoms with van der Waals surface area (Å²) in [6.07, 6.45) is 0. The van der Waals surface area contributed by atoms with Crippen molar-refractivity contribution >= 4 is 20.6 Å². The van der Waals surface area contributed by atoms with E-state index in [-0.39, 0.29) is 22.9 Å². The summed E-state index contributed by atoms with van der Waals surface area (Å²) >= 11 is 0. The van der Waals surface area contributed by atoms with Crippen molar-refractivity contribution in [2.75, 3.05) is 0 Å². The first kappa shape index (κ1) is 15.5. The third-order valence-electron chi connectivity index (χ3n) is 2.84. The maximum Gasteiger partial charge on any atom is 0.600 e. The first-order valence-electron chi connectivity index (χ1n) is 5.44. The molecule has 1 aromatic heterocycles. The number of thiophene rings is 1. The zero-order chi connectivity index (χ0) is 12.8. The van der Waals surface area contributed by atoms with E-state index < -0.39 is 16.0 Å². The molecule has 2 aromatic rings. The van der Waals surface area contributed by atoms with Gasteiger partial charge in [-0.25, -0.2) is 0 Å². The van der Waals surface area contributed by atoms with Crippen molar-refractivity contribution in [2.24, 2.45) is 0 Å². The first-order chi connectivity index (χ1) is 7.80. The number of hydrogen-bond donors (Lipinski definition) is 0. The second-order valence-electron chi connectivity index (χ2n) is 4.46. The smallest absolute Gasteiger partial charge is 0.600 e. The monoisotopic (exact) mass is 338 g/mol. The average molecular weight is 339 g/mol. The topological polar surface area (TPSA) is 0 Å². The van der Waals surface area contributed by atoms with Crippen LogP contribution in [-0.4, -0.2) is 0 Å². The van der Waals surface area contributed by atoms with Gasteiger partial charge in [-0.3, -0.25) is 0 Å². The number of fused-ring (bicyclic) bond motifs is 1. The number of halogens is 4. The minimum absolute atomic E-state index is 0. The molecule has 0 fully saturated rings. The third kappa shape index (κ3) is 2.72. The number of aryl methyl sites for hydroxylation is 1. The van der Waals surface area contributed by atoms with Gasteiger partial charge in [-0.15, -0.1) is 13.2 Å². The van der Waals surface area contributed by atoms with Gasteiger partial charge in [0, 0.05) is 24.4 Å². The van der Waals surface area contributed by atoms with Crippen molar-refractivity contribution in [1.82, 2.24) is 0 Å². The van der Waals surface area contributed by atoms with Gasteiger partial charge >= 0.3 is 5.51 Å². The first-order valence-corrected chi connectivity index (χ1v) is 6.66. The van der Waals surface area contributed by atoms with Gasteiger partial charge < -0.3 is 17.0 Å². The summed E-state index contributed by atoms with van der Waals surface area (Å²) in [4.78, 5) is 0.411. The average Bonchev–Trinajstić information content (AvgIpc) is 2.51. The second-order valence-corrected chi connectivity index (χ2v) is 6.62. The van der Waals surface area contributed by atoms with Crippen LogP contribution in [0.5, 0.6) is 0 Å². The Morgan fingerprint density at radius 2 is 1.72 bits per heavy atom. The molecule has 0 aliphatic carbocycles. The number of alkyl halides is 3. The van der Waals surface area contributed by atoms with Crippen LogP contribution in [0.1, 0.15) is 30.2 Å². The summed E-state index contributed by atoms with van der Waals surface area (Å²) in [7, 11) is -1.73. The standard InChI is InChI=1S/C13H14F3S.BrH/c1-8(2)10-4-5-11-6-9(3)17(12(11)7-10)13(14,15)16;/h4-8H,1-3H3;1H/q+1;/p-1. The van der Waals surface area contributed by atoms with Crippen LogP contribution < -0.4 is 17.0 Å². The van der Waals surface area contributed by atoms with Crippen molar-refractivity contribution in [3.63, 3.8) is 0 Å². The molecule has 1 heterocycles. The molecule has 0 N–H and O–H groups in total. The molecule has 100 valence electrons. The highest BCUT2D eigenvalue weighted by atomic mass is 79.9. The molecule has 0 radical (unpaired) electrons. The normalized spacial score (nSPS) is 12.9. The molecule has 0 amide bonds. The van der Waals surface area contributed by atoms with Crippen molar-refractivity contribution in [2.45, 2.75) is 32.2 Å². The van der Waals surface area contributed by atoms with Crippen LogP contribution in [0.2, 0.25) is 0 Å². The maximum absolute atomic E-state index is 13.0. The molecule has 0 spiro atoms. The Bertz CT molecular complexity index is 555. The van der Waals surface area contributed by atoms with Gasteiger partial charge in [-0.05, 0) is 17.5 Å². The fourth-order valence-corrected chi connectivity index (χ4v) is 3.79. The molecule has 0 saturated heterocycles. The van der Waals surface area contributed by atoms with Crippen LogP contribution in [-0.2, 0) is 5.51 Å². The SMILES string of the molecule is Cc1cc2ccc(C(C)C)cc2[s+]1C(F)(F)F.[Br-]. The maximum atomic E-state index is 13.0. The molecule has 0 aliphatic heterocycles. The summed E-state index contributed by atoms with van der Waals surface area (Å²) < 4.78 is 39.4. The lowest BCUT2D eigenvalue weighted by Gasteiger charge is -2.04. The number of rotatable bonds is 1. The van der Waals surface area contributed by atoms with Crippen LogP contribution in [0.15, 0.2) is 24.3 Å². The molecule has 1 unspecified atom stereocenters. The fraction of sp³-hybridized carbons (Fsp3) is 0.385. The van der Waals surface area contributed by atoms with E-state index >= 15 is 0 Å². The molecule has 1 atom stereocenters. The Kier molecular flexibility index (Phi) is 4.49. The van der Waals surface area contributed by atoms with E-state index in [2.05, 4.69) is 0 Å². The van der Waals surface area contributed by atoms with Gasteiger partial charge in [0.25, 0.3) is 0 Å². The van der Waals surface area contributed by atoms with E-state index in [1.165, 1.54) is 0 Å². The summed E-state index contributed by atoms with van der Waals surface area (Å²) in [6, 6.07) is 7.07. The van der Waals surface area contributed by atoms with E-state index in [1.54, 1.807) is 25.1 Å². The quantitative estimate of drug-likeness (QED) is 0.701. The molecule has 5 heteroatoms. The minimum Gasteiger partial charge on any atom is -1.00 e. The highest BCUT2D eigenvalue weighted by molar-refractivity contribution is 7.38. The molecule has 0 nitrogen and oxygen atoms in total. The largest absolute Gasteiger partial charge is 1.00 e. The fourth-order valence-electron chi connectivity index (χ4n) is 1.96. The highest BCUT2D eigenvalue weighted by Crippen LogP contribution is 2.50. The van der Waals surface area contributed by atoms with Gasteiger partial charge in [-0.1, -0.05) is 19.9 Å². The summed E-state index contributed by atoms with van der Waals surface area (Å²) in [5.41, 5.74) is -3.20. The summed E-state index contributed by atoms with van der Waals surface area (Å²) in [6.45, 7) is 5.54. The molecule has 0 aliphatic rings. The van der Waals surface area contributed by atoms with Crippen LogP contribution in [0.4, 0.5) is 13.2 Å². The molecular formula is C13H14BrF3S. The Morgan fingerprint density at radius 1 is 1.11 bits per heavy atom. The number of hydrogen-bond acceptors (Lipinski definition) is 0. The predicted octanol–water partition coefficient (Wildman–Crippen LogP) is 2.50. The van der Waals surface area contributed by atoms with Gasteiger partial charge in [0.2, 0.25) is 0 Å². The van der Waals surface area contributed by atoms with Gasteiger partial charge in [0.15, 0.2) is 9.58 Å². The summed E-state index contributed by atoms with van der Waals surface area (Å²) in [5.74, 6) is 0.250. The minimum atomic E-state index is -4.17. The predicted molar refractivity (Wildman–Crippen MR) is 66.6 cm³/mol. The van der Waals surface area contributed by atoms with E-state index in [4.69, 9.17) is 0 Å². The van der Waals surface area contributed by atoms with E-state index in [9.17, 15) is 13.2 Å². The molecular weight excluding hydrogens is 325 g/mol. The van der Waals surface area contributed by atoms with Crippen LogP contribution >= 0.6 is 10.5 Å². The van der Waals surface area contributed by atoms with Crippen molar-refractivity contribution in [3.05, 3.63) is 34.7 Å². The van der Waals surface area contributed by atoms with Crippen LogP contribution in [0, 0.1) is 6.92 Å². The van der Waals surface area contributed by atoms with E-state index in [0.29, 0.717) is 15.0 Å². The van der Waals surface area contributed by atoms with Gasteiger partial charge in [-0.2, -0.15) is 0 Å². The van der Waals surface area contributed by atoms with Gasteiger partial charge in [0.05, 0.1) is 10.5 Å². The van der Waals surface area contributed by atoms with Gasteiger partial charge in [0.1, 0.15) is 0 Å². The van der Waals surface area contributed by atoms with Crippen LogP contribution in [0.25, 0.3) is 10.1 Å². The Morgan fingerprint density at radius 3 is 2.22 bits per heavy atom. The van der Waals surface area contributed by atoms with Crippen LogP contribution in [0.3, 0.4) is 0 Å². The molecule has 1 aromatic carbocycles. The number of benzene rings is 1. The lowest BCUT2D eigenvalue weighted by Crippen LogP contribution is -3.00. The zero-order valence-corrected chi connectivity index (χ0v) is 12.7. The molecule has 2 rings (SSSR count). The Hall–Kier alpha value is -0.550. The summed E-state index contributed by atoms with van der Waals surface area (Å²) in [5, 5.41) is 0.715. The van der Waals surface area contributed by atoms with E-state index in [0.717, 1.165) is 5.56 Å². The molecule has 0 saturated carbocycles. The molecule has 0 bridgehead atoms. The van der Waals surface area contributed by atoms with E-state index in [1.807, 2.05) is 19.9 Å². The lowest BCUT2D eigenvalue weighted by molar-refractivity contribution is -0.0867. The van der Waals surface area contributed by atoms with Crippen molar-refractivity contribution in [3.8, 4) is 0 Å². The van der Waals surface area contributed by atoms with Crippen molar-refractivity contribution in [1.29, 1.82) is 0 Å². The molecule has 18 heavy (non-hydrogen) atoms. The zero-order valence-electron chi connectivity index (χ0n) is 10.3. The lowest BCUT2D eigenvalue weighted by atomic mass is 10.0. The highest BCUT2D eigenvalue weighted by Gasteiger charge is 2.46. The second kappa shape index (κ2) is 5.21. The Labute approximate surface area is 118 Å². The Balaban J connectivity index is 0.00000162. The van der Waals surface area contributed by atoms with Crippen molar-refractivity contribution < 1.29 is 30.2 Å².